The van der Waals surface area contributed by atoms with Gasteiger partial charge in [0, 0.05) is 5.56 Å². The smallest absolute Gasteiger partial charge is 0.412 e. The highest BCUT2D eigenvalue weighted by Crippen LogP contribution is 2.30. The van der Waals surface area contributed by atoms with Crippen LogP contribution in [0.3, 0.4) is 0 Å². The standard InChI is InChI=1S/C20H20FN3O2/c1-2-7-17-19(18(24-23-17)15-10-6-11-16(21)12-15)22-20(25)26-13-14-8-4-3-5-9-14/h3-6,8-12H,2,7,13H2,1H3,(H,22,25)(H,23,24). The summed E-state index contributed by atoms with van der Waals surface area (Å²) in [4.78, 5) is 12.2. The SMILES string of the molecule is CCCc1[nH]nc(-c2cccc(F)c2)c1NC(=O)OCc1ccccc1. The van der Waals surface area contributed by atoms with Crippen molar-refractivity contribution in [1.82, 2.24) is 10.2 Å². The minimum atomic E-state index is -0.578. The van der Waals surface area contributed by atoms with Gasteiger partial charge in [0.15, 0.2) is 0 Å². The number of aromatic nitrogens is 2. The van der Waals surface area contributed by atoms with Gasteiger partial charge in [-0.05, 0) is 24.1 Å². The Hall–Kier alpha value is -3.15. The number of ether oxygens (including phenoxy) is 1. The van der Waals surface area contributed by atoms with Crippen LogP contribution in [0.5, 0.6) is 0 Å². The van der Waals surface area contributed by atoms with Gasteiger partial charge in [0.2, 0.25) is 0 Å². The molecular weight excluding hydrogens is 333 g/mol. The van der Waals surface area contributed by atoms with E-state index in [9.17, 15) is 9.18 Å². The fraction of sp³-hybridized carbons (Fsp3) is 0.200. The Balaban J connectivity index is 1.78. The molecule has 0 radical (unpaired) electrons. The Bertz CT molecular complexity index is 878. The van der Waals surface area contributed by atoms with Crippen molar-refractivity contribution >= 4 is 11.8 Å². The summed E-state index contributed by atoms with van der Waals surface area (Å²) in [6.45, 7) is 2.20. The van der Waals surface area contributed by atoms with Crippen molar-refractivity contribution < 1.29 is 13.9 Å². The number of hydrogen-bond acceptors (Lipinski definition) is 3. The van der Waals surface area contributed by atoms with Crippen LogP contribution in [0.2, 0.25) is 0 Å². The van der Waals surface area contributed by atoms with Crippen molar-refractivity contribution in [1.29, 1.82) is 0 Å². The molecule has 26 heavy (non-hydrogen) atoms. The quantitative estimate of drug-likeness (QED) is 0.661. The lowest BCUT2D eigenvalue weighted by Crippen LogP contribution is -2.15. The molecule has 0 aliphatic rings. The summed E-state index contributed by atoms with van der Waals surface area (Å²) in [6, 6.07) is 15.5. The molecule has 0 atom stereocenters. The normalized spacial score (nSPS) is 10.5. The summed E-state index contributed by atoms with van der Waals surface area (Å²) in [5.74, 6) is -0.361. The fourth-order valence-electron chi connectivity index (χ4n) is 2.65. The third-order valence-corrected chi connectivity index (χ3v) is 3.88. The molecule has 2 aromatic carbocycles. The summed E-state index contributed by atoms with van der Waals surface area (Å²) in [6.07, 6.45) is 1.00. The van der Waals surface area contributed by atoms with Crippen LogP contribution in [0, 0.1) is 5.82 Å². The lowest BCUT2D eigenvalue weighted by molar-refractivity contribution is 0.155. The molecule has 5 nitrogen and oxygen atoms in total. The topological polar surface area (TPSA) is 67.0 Å². The molecule has 0 fully saturated rings. The summed E-state index contributed by atoms with van der Waals surface area (Å²) in [7, 11) is 0. The molecule has 0 unspecified atom stereocenters. The van der Waals surface area contributed by atoms with Crippen LogP contribution in [-0.2, 0) is 17.8 Å². The second-order valence-corrected chi connectivity index (χ2v) is 5.87. The maximum Gasteiger partial charge on any atom is 0.412 e. The number of nitrogens with one attached hydrogen (secondary N) is 2. The lowest BCUT2D eigenvalue weighted by Gasteiger charge is -2.09. The van der Waals surface area contributed by atoms with Gasteiger partial charge < -0.3 is 4.74 Å². The maximum absolute atomic E-state index is 13.6. The Kier molecular flexibility index (Phi) is 5.63. The number of carbonyl (C=O) groups excluding carboxylic acids is 1. The molecule has 3 rings (SSSR count). The first-order valence-corrected chi connectivity index (χ1v) is 8.48. The van der Waals surface area contributed by atoms with Gasteiger partial charge in [0.05, 0.1) is 11.4 Å². The summed E-state index contributed by atoms with van der Waals surface area (Å²) >= 11 is 0. The van der Waals surface area contributed by atoms with Crippen LogP contribution in [0.1, 0.15) is 24.6 Å². The molecule has 0 saturated heterocycles. The minimum Gasteiger partial charge on any atom is -0.444 e. The fourth-order valence-corrected chi connectivity index (χ4v) is 2.65. The first-order valence-electron chi connectivity index (χ1n) is 8.48. The second-order valence-electron chi connectivity index (χ2n) is 5.87. The first kappa shape index (κ1) is 17.7. The number of hydrogen-bond donors (Lipinski definition) is 2. The molecule has 1 amide bonds. The number of nitrogens with zero attached hydrogens (tertiary/aromatic N) is 1. The third-order valence-electron chi connectivity index (χ3n) is 3.88. The van der Waals surface area contributed by atoms with E-state index < -0.39 is 6.09 Å². The molecule has 0 spiro atoms. The van der Waals surface area contributed by atoms with Crippen LogP contribution < -0.4 is 5.32 Å². The van der Waals surface area contributed by atoms with E-state index in [0.717, 1.165) is 17.7 Å². The molecular formula is C20H20FN3O2. The van der Waals surface area contributed by atoms with Crippen molar-refractivity contribution in [2.24, 2.45) is 0 Å². The van der Waals surface area contributed by atoms with E-state index >= 15 is 0 Å². The Morgan fingerprint density at radius 3 is 2.73 bits per heavy atom. The monoisotopic (exact) mass is 353 g/mol. The zero-order valence-electron chi connectivity index (χ0n) is 14.5. The predicted octanol–water partition coefficient (Wildman–Crippen LogP) is 4.92. The highest BCUT2D eigenvalue weighted by atomic mass is 19.1. The Labute approximate surface area is 151 Å². The van der Waals surface area contributed by atoms with Gasteiger partial charge in [-0.15, -0.1) is 0 Å². The van der Waals surface area contributed by atoms with Crippen molar-refractivity contribution in [3.8, 4) is 11.3 Å². The lowest BCUT2D eigenvalue weighted by atomic mass is 10.1. The van der Waals surface area contributed by atoms with Crippen molar-refractivity contribution in [2.45, 2.75) is 26.4 Å². The Morgan fingerprint density at radius 1 is 1.19 bits per heavy atom. The number of aromatic amines is 1. The van der Waals surface area contributed by atoms with Crippen LogP contribution in [-0.4, -0.2) is 16.3 Å². The van der Waals surface area contributed by atoms with Crippen molar-refractivity contribution in [3.05, 3.63) is 71.7 Å². The highest BCUT2D eigenvalue weighted by molar-refractivity contribution is 5.91. The van der Waals surface area contributed by atoms with E-state index in [1.54, 1.807) is 12.1 Å². The van der Waals surface area contributed by atoms with Crippen LogP contribution in [0.25, 0.3) is 11.3 Å². The number of aryl methyl sites for hydroxylation is 1. The number of rotatable bonds is 6. The van der Waals surface area contributed by atoms with E-state index in [1.807, 2.05) is 37.3 Å². The molecule has 2 N–H and O–H groups in total. The van der Waals surface area contributed by atoms with Crippen LogP contribution in [0.15, 0.2) is 54.6 Å². The largest absolute Gasteiger partial charge is 0.444 e. The van der Waals surface area contributed by atoms with Crippen LogP contribution in [0.4, 0.5) is 14.9 Å². The molecule has 0 aliphatic heterocycles. The van der Waals surface area contributed by atoms with E-state index in [-0.39, 0.29) is 12.4 Å². The molecule has 0 bridgehead atoms. The third kappa shape index (κ3) is 4.27. The van der Waals surface area contributed by atoms with E-state index in [0.29, 0.717) is 23.4 Å². The summed E-state index contributed by atoms with van der Waals surface area (Å²) in [5, 5.41) is 9.94. The van der Waals surface area contributed by atoms with Gasteiger partial charge in [-0.3, -0.25) is 10.4 Å². The van der Waals surface area contributed by atoms with Crippen molar-refractivity contribution in [3.63, 3.8) is 0 Å². The van der Waals surface area contributed by atoms with E-state index in [4.69, 9.17) is 4.74 Å². The molecule has 0 aliphatic carbocycles. The van der Waals surface area contributed by atoms with Gasteiger partial charge >= 0.3 is 6.09 Å². The average molecular weight is 353 g/mol. The number of H-pyrrole nitrogens is 1. The number of benzene rings is 2. The van der Waals surface area contributed by atoms with Crippen molar-refractivity contribution in [2.75, 3.05) is 5.32 Å². The van der Waals surface area contributed by atoms with E-state index in [2.05, 4.69) is 15.5 Å². The molecule has 1 aromatic heterocycles. The summed E-state index contributed by atoms with van der Waals surface area (Å²) < 4.78 is 18.8. The Morgan fingerprint density at radius 2 is 2.00 bits per heavy atom. The minimum absolute atomic E-state index is 0.170. The zero-order valence-corrected chi connectivity index (χ0v) is 14.5. The molecule has 3 aromatic rings. The van der Waals surface area contributed by atoms with Gasteiger partial charge in [-0.25, -0.2) is 9.18 Å². The number of carbonyl (C=O) groups is 1. The zero-order chi connectivity index (χ0) is 18.4. The molecule has 0 saturated carbocycles. The maximum atomic E-state index is 13.6. The van der Waals surface area contributed by atoms with Gasteiger partial charge in [0.1, 0.15) is 18.1 Å². The predicted molar refractivity (Wildman–Crippen MR) is 98.2 cm³/mol. The molecule has 134 valence electrons. The van der Waals surface area contributed by atoms with Gasteiger partial charge in [-0.2, -0.15) is 5.10 Å². The first-order chi connectivity index (χ1) is 12.7. The average Bonchev–Trinajstić information content (AvgIpc) is 3.04. The second kappa shape index (κ2) is 8.29. The molecule has 6 heteroatoms. The number of amides is 1. The number of halogens is 1. The van der Waals surface area contributed by atoms with Gasteiger partial charge in [-0.1, -0.05) is 55.8 Å². The molecule has 1 heterocycles. The van der Waals surface area contributed by atoms with Gasteiger partial charge in [0.25, 0.3) is 0 Å². The van der Waals surface area contributed by atoms with Crippen LogP contribution >= 0.6 is 0 Å². The highest BCUT2D eigenvalue weighted by Gasteiger charge is 2.18. The number of anilines is 1. The van der Waals surface area contributed by atoms with E-state index in [1.165, 1.54) is 12.1 Å². The summed E-state index contributed by atoms with van der Waals surface area (Å²) in [5.41, 5.74) is 3.28.